The van der Waals surface area contributed by atoms with Gasteiger partial charge in [-0.05, 0) is 30.9 Å². The lowest BCUT2D eigenvalue weighted by atomic mass is 10.1. The van der Waals surface area contributed by atoms with Crippen molar-refractivity contribution < 1.29 is 4.74 Å². The van der Waals surface area contributed by atoms with E-state index < -0.39 is 0 Å². The summed E-state index contributed by atoms with van der Waals surface area (Å²) in [5.41, 5.74) is 1.37. The maximum Gasteiger partial charge on any atom is 0.122 e. The minimum atomic E-state index is 0.886. The fraction of sp³-hybridized carbons (Fsp3) is 0.571. The minimum Gasteiger partial charge on any atom is -0.493 e. The molecule has 86 valence electrons. The molecule has 1 aliphatic rings. The van der Waals surface area contributed by atoms with Gasteiger partial charge in [-0.3, -0.25) is 0 Å². The lowest BCUT2D eigenvalue weighted by Gasteiger charge is -2.04. The van der Waals surface area contributed by atoms with Crippen molar-refractivity contribution in [1.29, 1.82) is 0 Å². The summed E-state index contributed by atoms with van der Waals surface area (Å²) in [5.74, 6) is 1.09. The third-order valence-electron chi connectivity index (χ3n) is 2.07. The predicted molar refractivity (Wildman–Crippen MR) is 67.6 cm³/mol. The molecule has 1 aromatic carbocycles. The van der Waals surface area contributed by atoms with Crippen LogP contribution in [0.3, 0.4) is 0 Å². The Balaban J connectivity index is 0.000000442. The number of ether oxygens (including phenoxy) is 1. The van der Waals surface area contributed by atoms with E-state index in [1.807, 2.05) is 33.8 Å². The van der Waals surface area contributed by atoms with Gasteiger partial charge in [0.25, 0.3) is 0 Å². The molecule has 1 aliphatic heterocycles. The zero-order valence-corrected chi connectivity index (χ0v) is 10.5. The van der Waals surface area contributed by atoms with Crippen LogP contribution in [0.1, 0.15) is 46.1 Å². The highest BCUT2D eigenvalue weighted by Gasteiger charge is 2.05. The molecule has 0 bridgehead atoms. The summed E-state index contributed by atoms with van der Waals surface area (Å²) in [6.07, 6.45) is 3.63. The van der Waals surface area contributed by atoms with Gasteiger partial charge in [-0.1, -0.05) is 45.9 Å². The highest BCUT2D eigenvalue weighted by atomic mass is 16.5. The van der Waals surface area contributed by atoms with Gasteiger partial charge in [0.05, 0.1) is 6.61 Å². The average molecular weight is 208 g/mol. The van der Waals surface area contributed by atoms with Crippen LogP contribution in [0.5, 0.6) is 5.75 Å². The summed E-state index contributed by atoms with van der Waals surface area (Å²) in [5, 5.41) is 0. The van der Waals surface area contributed by atoms with Gasteiger partial charge in [-0.25, -0.2) is 0 Å². The smallest absolute Gasteiger partial charge is 0.122 e. The van der Waals surface area contributed by atoms with Gasteiger partial charge in [0.2, 0.25) is 0 Å². The highest BCUT2D eigenvalue weighted by Crippen LogP contribution is 2.22. The van der Waals surface area contributed by atoms with Crippen LogP contribution in [0.15, 0.2) is 24.3 Å². The summed E-state index contributed by atoms with van der Waals surface area (Å²) >= 11 is 0. The number of hydrogen-bond acceptors (Lipinski definition) is 1. The Morgan fingerprint density at radius 2 is 1.60 bits per heavy atom. The molecule has 0 radical (unpaired) electrons. The fourth-order valence-corrected chi connectivity index (χ4v) is 1.45. The molecule has 15 heavy (non-hydrogen) atoms. The molecule has 0 saturated heterocycles. The minimum absolute atomic E-state index is 0.886. The first-order valence-electron chi connectivity index (χ1n) is 6.17. The largest absolute Gasteiger partial charge is 0.493 e. The van der Waals surface area contributed by atoms with Crippen molar-refractivity contribution >= 4 is 0 Å². The maximum atomic E-state index is 5.55. The van der Waals surface area contributed by atoms with E-state index in [9.17, 15) is 0 Å². The molecular formula is C14H24O. The quantitative estimate of drug-likeness (QED) is 0.612. The second-order valence-electron chi connectivity index (χ2n) is 2.91. The van der Waals surface area contributed by atoms with Crippen LogP contribution in [0.25, 0.3) is 0 Å². The standard InChI is InChI=1S/C10H12O.2C2H6/c1-2-7-10-9(5-1)6-3-4-8-11-10;2*1-2/h1-2,5,7H,3-4,6,8H2;2*1-2H3. The Morgan fingerprint density at radius 3 is 2.33 bits per heavy atom. The van der Waals surface area contributed by atoms with Gasteiger partial charge in [0.1, 0.15) is 5.75 Å². The van der Waals surface area contributed by atoms with Crippen molar-refractivity contribution in [3.63, 3.8) is 0 Å². The molecule has 0 unspecified atom stereocenters. The molecule has 0 amide bonds. The molecule has 0 spiro atoms. The number of rotatable bonds is 0. The van der Waals surface area contributed by atoms with Crippen LogP contribution < -0.4 is 4.74 Å². The molecule has 0 atom stereocenters. The van der Waals surface area contributed by atoms with E-state index in [-0.39, 0.29) is 0 Å². The van der Waals surface area contributed by atoms with Crippen LogP contribution >= 0.6 is 0 Å². The third kappa shape index (κ3) is 4.87. The van der Waals surface area contributed by atoms with Gasteiger partial charge in [-0.2, -0.15) is 0 Å². The molecule has 0 fully saturated rings. The molecule has 1 aromatic rings. The number of aryl methyl sites for hydroxylation is 1. The molecule has 2 rings (SSSR count). The Morgan fingerprint density at radius 1 is 0.933 bits per heavy atom. The van der Waals surface area contributed by atoms with Crippen LogP contribution in [0.4, 0.5) is 0 Å². The molecule has 0 aromatic heterocycles. The van der Waals surface area contributed by atoms with Crippen molar-refractivity contribution in [2.75, 3.05) is 6.61 Å². The number of benzene rings is 1. The van der Waals surface area contributed by atoms with E-state index in [0.29, 0.717) is 0 Å². The lowest BCUT2D eigenvalue weighted by molar-refractivity contribution is 0.317. The van der Waals surface area contributed by atoms with Gasteiger partial charge in [0, 0.05) is 0 Å². The SMILES string of the molecule is CC.CC.c1ccc2c(c1)CCCCO2. The zero-order chi connectivity index (χ0) is 11.5. The molecule has 0 N–H and O–H groups in total. The van der Waals surface area contributed by atoms with E-state index in [0.717, 1.165) is 12.4 Å². The average Bonchev–Trinajstić information content (AvgIpc) is 2.59. The van der Waals surface area contributed by atoms with Crippen LogP contribution in [0, 0.1) is 0 Å². The zero-order valence-electron chi connectivity index (χ0n) is 10.5. The molecule has 0 aliphatic carbocycles. The number of fused-ring (bicyclic) bond motifs is 1. The van der Waals surface area contributed by atoms with Crippen molar-refractivity contribution in [1.82, 2.24) is 0 Å². The first-order chi connectivity index (χ1) is 7.47. The van der Waals surface area contributed by atoms with Crippen LogP contribution in [-0.4, -0.2) is 6.61 Å². The second-order valence-corrected chi connectivity index (χ2v) is 2.91. The Hall–Kier alpha value is -0.980. The monoisotopic (exact) mass is 208 g/mol. The van der Waals surface area contributed by atoms with Crippen LogP contribution in [0.2, 0.25) is 0 Å². The Kier molecular flexibility index (Phi) is 8.95. The van der Waals surface area contributed by atoms with E-state index >= 15 is 0 Å². The Bertz CT molecular complexity index is 218. The van der Waals surface area contributed by atoms with Crippen molar-refractivity contribution in [3.05, 3.63) is 29.8 Å². The fourth-order valence-electron chi connectivity index (χ4n) is 1.45. The van der Waals surface area contributed by atoms with Crippen molar-refractivity contribution in [2.24, 2.45) is 0 Å². The van der Waals surface area contributed by atoms with E-state index in [1.54, 1.807) is 0 Å². The molecule has 1 nitrogen and oxygen atoms in total. The summed E-state index contributed by atoms with van der Waals surface area (Å²) in [6, 6.07) is 8.32. The first kappa shape index (κ1) is 14.0. The molecular weight excluding hydrogens is 184 g/mol. The predicted octanol–water partition coefficient (Wildman–Crippen LogP) is 4.45. The first-order valence-corrected chi connectivity index (χ1v) is 6.17. The highest BCUT2D eigenvalue weighted by molar-refractivity contribution is 5.33. The van der Waals surface area contributed by atoms with E-state index in [4.69, 9.17) is 4.74 Å². The van der Waals surface area contributed by atoms with Crippen molar-refractivity contribution in [3.8, 4) is 5.75 Å². The van der Waals surface area contributed by atoms with Gasteiger partial charge in [-0.15, -0.1) is 0 Å². The number of hydrogen-bond donors (Lipinski definition) is 0. The van der Waals surface area contributed by atoms with E-state index in [2.05, 4.69) is 18.2 Å². The van der Waals surface area contributed by atoms with Gasteiger partial charge < -0.3 is 4.74 Å². The Labute approximate surface area is 94.5 Å². The summed E-state index contributed by atoms with van der Waals surface area (Å²) in [4.78, 5) is 0. The summed E-state index contributed by atoms with van der Waals surface area (Å²) in [7, 11) is 0. The summed E-state index contributed by atoms with van der Waals surface area (Å²) in [6.45, 7) is 8.89. The van der Waals surface area contributed by atoms with Crippen molar-refractivity contribution in [2.45, 2.75) is 47.0 Å². The van der Waals surface area contributed by atoms with Gasteiger partial charge >= 0.3 is 0 Å². The second kappa shape index (κ2) is 9.57. The van der Waals surface area contributed by atoms with E-state index in [1.165, 1.54) is 24.8 Å². The normalized spacial score (nSPS) is 12.8. The summed E-state index contributed by atoms with van der Waals surface area (Å²) < 4.78 is 5.55. The third-order valence-corrected chi connectivity index (χ3v) is 2.07. The van der Waals surface area contributed by atoms with Gasteiger partial charge in [0.15, 0.2) is 0 Å². The molecule has 1 heterocycles. The molecule has 1 heteroatoms. The topological polar surface area (TPSA) is 9.23 Å². The van der Waals surface area contributed by atoms with Crippen LogP contribution in [-0.2, 0) is 6.42 Å². The lowest BCUT2D eigenvalue weighted by Crippen LogP contribution is -1.93. The maximum absolute atomic E-state index is 5.55. The molecule has 0 saturated carbocycles. The number of para-hydroxylation sites is 1.